The summed E-state index contributed by atoms with van der Waals surface area (Å²) in [4.78, 5) is 6.20. The van der Waals surface area contributed by atoms with Gasteiger partial charge >= 0.3 is 0 Å². The monoisotopic (exact) mass is 273 g/mol. The van der Waals surface area contributed by atoms with Crippen molar-refractivity contribution in [2.45, 2.75) is 25.9 Å². The summed E-state index contributed by atoms with van der Waals surface area (Å²) >= 11 is 0. The quantitative estimate of drug-likeness (QED) is 0.911. The third-order valence-electron chi connectivity index (χ3n) is 3.14. The number of hydrogen-bond acceptors (Lipinski definition) is 3. The van der Waals surface area contributed by atoms with Crippen molar-refractivity contribution < 1.29 is 4.39 Å². The first-order valence-electron chi connectivity index (χ1n) is 6.70. The molecule has 0 saturated heterocycles. The SMILES string of the molecule is CC(N)Cc1cc(F)ccc1N(C)Cc1cccnc1. The van der Waals surface area contributed by atoms with Gasteiger partial charge in [-0.05, 0) is 48.7 Å². The first-order chi connectivity index (χ1) is 9.56. The molecule has 0 aliphatic rings. The molecule has 0 amide bonds. The average Bonchev–Trinajstić information content (AvgIpc) is 2.39. The van der Waals surface area contributed by atoms with Gasteiger partial charge in [-0.15, -0.1) is 0 Å². The van der Waals surface area contributed by atoms with Crippen LogP contribution in [0.2, 0.25) is 0 Å². The number of benzene rings is 1. The molecular weight excluding hydrogens is 253 g/mol. The predicted molar refractivity (Wildman–Crippen MR) is 80.1 cm³/mol. The predicted octanol–water partition coefficient (Wildman–Crippen LogP) is 2.75. The van der Waals surface area contributed by atoms with E-state index < -0.39 is 0 Å². The van der Waals surface area contributed by atoms with E-state index in [0.717, 1.165) is 23.4 Å². The molecule has 1 aromatic heterocycles. The number of nitrogens with two attached hydrogens (primary N) is 1. The molecule has 3 nitrogen and oxygen atoms in total. The molecule has 0 aliphatic heterocycles. The Morgan fingerprint density at radius 3 is 2.80 bits per heavy atom. The minimum absolute atomic E-state index is 0.00217. The maximum absolute atomic E-state index is 13.4. The van der Waals surface area contributed by atoms with Crippen LogP contribution < -0.4 is 10.6 Å². The van der Waals surface area contributed by atoms with Crippen LogP contribution in [0.5, 0.6) is 0 Å². The summed E-state index contributed by atoms with van der Waals surface area (Å²) < 4.78 is 13.4. The van der Waals surface area contributed by atoms with Gasteiger partial charge in [0.2, 0.25) is 0 Å². The Kier molecular flexibility index (Phi) is 4.69. The van der Waals surface area contributed by atoms with Crippen LogP contribution in [-0.4, -0.2) is 18.1 Å². The number of aromatic nitrogens is 1. The minimum Gasteiger partial charge on any atom is -0.370 e. The van der Waals surface area contributed by atoms with Gasteiger partial charge in [0.1, 0.15) is 5.82 Å². The Balaban J connectivity index is 2.22. The van der Waals surface area contributed by atoms with Crippen LogP contribution in [0.25, 0.3) is 0 Å². The molecule has 1 atom stereocenters. The molecule has 0 spiro atoms. The number of hydrogen-bond donors (Lipinski definition) is 1. The molecule has 0 aliphatic carbocycles. The molecule has 0 radical (unpaired) electrons. The van der Waals surface area contributed by atoms with Crippen molar-refractivity contribution in [3.8, 4) is 0 Å². The second-order valence-corrected chi connectivity index (χ2v) is 5.17. The number of rotatable bonds is 5. The molecule has 0 saturated carbocycles. The van der Waals surface area contributed by atoms with Crippen molar-refractivity contribution in [1.82, 2.24) is 4.98 Å². The van der Waals surface area contributed by atoms with Crippen molar-refractivity contribution in [1.29, 1.82) is 0 Å². The van der Waals surface area contributed by atoms with E-state index in [1.54, 1.807) is 12.3 Å². The second kappa shape index (κ2) is 6.48. The molecule has 0 bridgehead atoms. The second-order valence-electron chi connectivity index (χ2n) is 5.17. The average molecular weight is 273 g/mol. The number of halogens is 1. The van der Waals surface area contributed by atoms with Gasteiger partial charge in [0.15, 0.2) is 0 Å². The van der Waals surface area contributed by atoms with Gasteiger partial charge in [0.05, 0.1) is 0 Å². The maximum Gasteiger partial charge on any atom is 0.123 e. The van der Waals surface area contributed by atoms with E-state index >= 15 is 0 Å². The van der Waals surface area contributed by atoms with Crippen molar-refractivity contribution in [3.63, 3.8) is 0 Å². The molecule has 4 heteroatoms. The van der Waals surface area contributed by atoms with Crippen molar-refractivity contribution >= 4 is 5.69 Å². The zero-order chi connectivity index (χ0) is 14.5. The number of pyridine rings is 1. The molecule has 0 fully saturated rings. The van der Waals surface area contributed by atoms with E-state index in [4.69, 9.17) is 5.73 Å². The van der Waals surface area contributed by atoms with Crippen molar-refractivity contribution in [2.75, 3.05) is 11.9 Å². The lowest BCUT2D eigenvalue weighted by atomic mass is 10.0. The lowest BCUT2D eigenvalue weighted by Crippen LogP contribution is -2.22. The van der Waals surface area contributed by atoms with E-state index in [1.165, 1.54) is 6.07 Å². The van der Waals surface area contributed by atoms with E-state index in [1.807, 2.05) is 38.4 Å². The molecule has 1 heterocycles. The highest BCUT2D eigenvalue weighted by molar-refractivity contribution is 5.54. The molecule has 20 heavy (non-hydrogen) atoms. The molecule has 2 N–H and O–H groups in total. The van der Waals surface area contributed by atoms with Crippen LogP contribution in [-0.2, 0) is 13.0 Å². The standard InChI is InChI=1S/C16H20FN3/c1-12(18)8-14-9-15(17)5-6-16(14)20(2)11-13-4-3-7-19-10-13/h3-7,9-10,12H,8,11,18H2,1-2H3. The summed E-state index contributed by atoms with van der Waals surface area (Å²) in [5, 5.41) is 0. The normalized spacial score (nSPS) is 12.2. The summed E-state index contributed by atoms with van der Waals surface area (Å²) in [6.07, 6.45) is 4.25. The Morgan fingerprint density at radius 1 is 1.35 bits per heavy atom. The van der Waals surface area contributed by atoms with Gasteiger partial charge in [-0.25, -0.2) is 4.39 Å². The van der Waals surface area contributed by atoms with Crippen molar-refractivity contribution in [3.05, 3.63) is 59.7 Å². The third kappa shape index (κ3) is 3.78. The van der Waals surface area contributed by atoms with Gasteiger partial charge in [-0.1, -0.05) is 6.07 Å². The van der Waals surface area contributed by atoms with Gasteiger partial charge in [0.25, 0.3) is 0 Å². The molecular formula is C16H20FN3. The Morgan fingerprint density at radius 2 is 2.15 bits per heavy atom. The lowest BCUT2D eigenvalue weighted by molar-refractivity contribution is 0.622. The summed E-state index contributed by atoms with van der Waals surface area (Å²) in [5.41, 5.74) is 8.91. The van der Waals surface area contributed by atoms with Gasteiger partial charge in [-0.2, -0.15) is 0 Å². The fourth-order valence-corrected chi connectivity index (χ4v) is 2.29. The number of nitrogens with zero attached hydrogens (tertiary/aromatic N) is 2. The maximum atomic E-state index is 13.4. The van der Waals surface area contributed by atoms with Gasteiger partial charge in [0, 0.05) is 37.7 Å². The molecule has 106 valence electrons. The molecule has 2 aromatic rings. The molecule has 1 unspecified atom stereocenters. The van der Waals surface area contributed by atoms with E-state index in [9.17, 15) is 4.39 Å². The molecule has 2 rings (SSSR count). The van der Waals surface area contributed by atoms with Crippen LogP contribution in [0.1, 0.15) is 18.1 Å². The minimum atomic E-state index is -0.223. The lowest BCUT2D eigenvalue weighted by Gasteiger charge is -2.23. The summed E-state index contributed by atoms with van der Waals surface area (Å²) in [5.74, 6) is -0.223. The fraction of sp³-hybridized carbons (Fsp3) is 0.312. The zero-order valence-electron chi connectivity index (χ0n) is 11.9. The van der Waals surface area contributed by atoms with Crippen molar-refractivity contribution in [2.24, 2.45) is 5.73 Å². The van der Waals surface area contributed by atoms with Crippen LogP contribution in [0.3, 0.4) is 0 Å². The summed E-state index contributed by atoms with van der Waals surface area (Å²) in [6.45, 7) is 2.65. The van der Waals surface area contributed by atoms with Gasteiger partial charge in [-0.3, -0.25) is 4.98 Å². The first-order valence-corrected chi connectivity index (χ1v) is 6.70. The topological polar surface area (TPSA) is 42.1 Å². The third-order valence-corrected chi connectivity index (χ3v) is 3.14. The van der Waals surface area contributed by atoms with Crippen LogP contribution in [0, 0.1) is 5.82 Å². The Labute approximate surface area is 119 Å². The highest BCUT2D eigenvalue weighted by atomic mass is 19.1. The highest BCUT2D eigenvalue weighted by Crippen LogP contribution is 2.23. The van der Waals surface area contributed by atoms with E-state index in [0.29, 0.717) is 6.42 Å². The smallest absolute Gasteiger partial charge is 0.123 e. The molecule has 1 aromatic carbocycles. The van der Waals surface area contributed by atoms with Crippen LogP contribution >= 0.6 is 0 Å². The Hall–Kier alpha value is -1.94. The zero-order valence-corrected chi connectivity index (χ0v) is 11.9. The summed E-state index contributed by atoms with van der Waals surface area (Å²) in [6, 6.07) is 8.80. The Bertz CT molecular complexity index is 555. The first kappa shape index (κ1) is 14.5. The fourth-order valence-electron chi connectivity index (χ4n) is 2.29. The largest absolute Gasteiger partial charge is 0.370 e. The summed E-state index contributed by atoms with van der Waals surface area (Å²) in [7, 11) is 1.99. The van der Waals surface area contributed by atoms with Crippen LogP contribution in [0.15, 0.2) is 42.7 Å². The van der Waals surface area contributed by atoms with E-state index in [-0.39, 0.29) is 11.9 Å². The highest BCUT2D eigenvalue weighted by Gasteiger charge is 2.11. The number of anilines is 1. The van der Waals surface area contributed by atoms with E-state index in [2.05, 4.69) is 9.88 Å². The van der Waals surface area contributed by atoms with Gasteiger partial charge < -0.3 is 10.6 Å². The van der Waals surface area contributed by atoms with Crippen LogP contribution in [0.4, 0.5) is 10.1 Å².